The van der Waals surface area contributed by atoms with Gasteiger partial charge in [0.1, 0.15) is 6.54 Å². The molecule has 160 valence electrons. The third kappa shape index (κ3) is 5.37. The van der Waals surface area contributed by atoms with E-state index in [4.69, 9.17) is 0 Å². The van der Waals surface area contributed by atoms with Crippen LogP contribution in [0.2, 0.25) is 0 Å². The Morgan fingerprint density at radius 3 is 2.80 bits per heavy atom. The van der Waals surface area contributed by atoms with E-state index in [9.17, 15) is 9.59 Å². The Hall–Kier alpha value is -3.36. The predicted octanol–water partition coefficient (Wildman–Crippen LogP) is 1.58. The van der Waals surface area contributed by atoms with Gasteiger partial charge in [-0.25, -0.2) is 0 Å². The predicted molar refractivity (Wildman–Crippen MR) is 117 cm³/mol. The smallest absolute Gasteiger partial charge is 0.246 e. The molecule has 1 aliphatic rings. The van der Waals surface area contributed by atoms with Crippen molar-refractivity contribution < 1.29 is 9.59 Å². The molecule has 1 fully saturated rings. The standard InChI is InChI=1S/C21H29N7O2/c1-4-6-19(29)25-17-8-5-7-16(11-17)12-23-21(22-2)27-9-10-28(20(30)15-27)18-13-24-26(3)14-18/h5,7-8,11,13-14H,4,6,9-10,12,15H2,1-3H3,(H,22,23)(H,25,29). The largest absolute Gasteiger partial charge is 0.352 e. The molecule has 1 saturated heterocycles. The van der Waals surface area contributed by atoms with Crippen LogP contribution in [0.4, 0.5) is 11.4 Å². The lowest BCUT2D eigenvalue weighted by Crippen LogP contribution is -2.55. The molecule has 2 aromatic rings. The van der Waals surface area contributed by atoms with Gasteiger partial charge in [-0.3, -0.25) is 19.3 Å². The van der Waals surface area contributed by atoms with E-state index < -0.39 is 0 Å². The first kappa shape index (κ1) is 21.4. The van der Waals surface area contributed by atoms with Crippen LogP contribution in [0.15, 0.2) is 41.7 Å². The Morgan fingerprint density at radius 2 is 2.13 bits per heavy atom. The van der Waals surface area contributed by atoms with Gasteiger partial charge >= 0.3 is 0 Å². The van der Waals surface area contributed by atoms with Gasteiger partial charge in [0.15, 0.2) is 5.96 Å². The lowest BCUT2D eigenvalue weighted by Gasteiger charge is -2.35. The van der Waals surface area contributed by atoms with E-state index in [-0.39, 0.29) is 18.4 Å². The molecule has 3 rings (SSSR count). The van der Waals surface area contributed by atoms with Crippen molar-refractivity contribution in [3.63, 3.8) is 0 Å². The van der Waals surface area contributed by atoms with Gasteiger partial charge in [-0.2, -0.15) is 5.10 Å². The summed E-state index contributed by atoms with van der Waals surface area (Å²) in [7, 11) is 3.54. The summed E-state index contributed by atoms with van der Waals surface area (Å²) in [5.74, 6) is 0.705. The zero-order chi connectivity index (χ0) is 21.5. The number of benzene rings is 1. The van der Waals surface area contributed by atoms with E-state index in [0.29, 0.717) is 32.0 Å². The van der Waals surface area contributed by atoms with Crippen molar-refractivity contribution in [3.05, 3.63) is 42.2 Å². The fraction of sp³-hybridized carbons (Fsp3) is 0.429. The molecular weight excluding hydrogens is 382 g/mol. The molecule has 2 N–H and O–H groups in total. The molecule has 9 nitrogen and oxygen atoms in total. The van der Waals surface area contributed by atoms with Crippen LogP contribution >= 0.6 is 0 Å². The van der Waals surface area contributed by atoms with Crippen LogP contribution in [0.3, 0.4) is 0 Å². The maximum atomic E-state index is 12.6. The second-order valence-corrected chi connectivity index (χ2v) is 7.24. The Kier molecular flexibility index (Phi) is 7.05. The van der Waals surface area contributed by atoms with Crippen LogP contribution in [0, 0.1) is 0 Å². The molecule has 9 heteroatoms. The van der Waals surface area contributed by atoms with Crippen molar-refractivity contribution in [1.29, 1.82) is 0 Å². The SMILES string of the molecule is CCCC(=O)Nc1cccc(CNC(=NC)N2CCN(c3cnn(C)c3)C(=O)C2)c1. The van der Waals surface area contributed by atoms with Crippen LogP contribution in [0.25, 0.3) is 0 Å². The summed E-state index contributed by atoms with van der Waals surface area (Å²) >= 11 is 0. The zero-order valence-electron chi connectivity index (χ0n) is 17.8. The summed E-state index contributed by atoms with van der Waals surface area (Å²) in [6.45, 7) is 4.02. The lowest BCUT2D eigenvalue weighted by molar-refractivity contribution is -0.120. The number of aromatic nitrogens is 2. The van der Waals surface area contributed by atoms with Gasteiger partial charge in [-0.15, -0.1) is 0 Å². The number of piperazine rings is 1. The van der Waals surface area contributed by atoms with Gasteiger partial charge in [-0.1, -0.05) is 19.1 Å². The van der Waals surface area contributed by atoms with E-state index in [2.05, 4.69) is 20.7 Å². The minimum Gasteiger partial charge on any atom is -0.352 e. The van der Waals surface area contributed by atoms with Crippen LogP contribution in [-0.2, 0) is 23.2 Å². The van der Waals surface area contributed by atoms with E-state index >= 15 is 0 Å². The number of carbonyl (C=O) groups is 2. The minimum absolute atomic E-state index is 0.0119. The molecular formula is C21H29N7O2. The van der Waals surface area contributed by atoms with E-state index in [1.54, 1.807) is 22.8 Å². The van der Waals surface area contributed by atoms with Gasteiger partial charge < -0.3 is 20.4 Å². The number of hydrogen-bond acceptors (Lipinski definition) is 4. The molecule has 1 aromatic heterocycles. The highest BCUT2D eigenvalue weighted by atomic mass is 16.2. The number of carbonyl (C=O) groups excluding carboxylic acids is 2. The van der Waals surface area contributed by atoms with Crippen molar-refractivity contribution in [2.75, 3.05) is 36.9 Å². The van der Waals surface area contributed by atoms with Gasteiger partial charge in [0.25, 0.3) is 0 Å². The molecule has 0 radical (unpaired) electrons. The Bertz CT molecular complexity index is 922. The van der Waals surface area contributed by atoms with Gasteiger partial charge in [0.2, 0.25) is 11.8 Å². The number of aryl methyl sites for hydroxylation is 1. The molecule has 1 aromatic carbocycles. The summed E-state index contributed by atoms with van der Waals surface area (Å²) in [4.78, 5) is 32.5. The molecule has 30 heavy (non-hydrogen) atoms. The van der Waals surface area contributed by atoms with Crippen LogP contribution in [0.5, 0.6) is 0 Å². The maximum Gasteiger partial charge on any atom is 0.246 e. The van der Waals surface area contributed by atoms with Crippen molar-refractivity contribution in [3.8, 4) is 0 Å². The fourth-order valence-corrected chi connectivity index (χ4v) is 3.40. The molecule has 2 heterocycles. The summed E-state index contributed by atoms with van der Waals surface area (Å²) < 4.78 is 1.69. The number of rotatable bonds is 6. The summed E-state index contributed by atoms with van der Waals surface area (Å²) in [6, 6.07) is 7.72. The molecule has 0 saturated carbocycles. The highest BCUT2D eigenvalue weighted by molar-refractivity contribution is 5.98. The number of guanidine groups is 1. The number of amides is 2. The number of hydrogen-bond donors (Lipinski definition) is 2. The minimum atomic E-state index is 0.0119. The average Bonchev–Trinajstić information content (AvgIpc) is 3.15. The lowest BCUT2D eigenvalue weighted by atomic mass is 10.2. The van der Waals surface area contributed by atoms with Crippen LogP contribution in [0.1, 0.15) is 25.3 Å². The topological polar surface area (TPSA) is 94.9 Å². The fourth-order valence-electron chi connectivity index (χ4n) is 3.40. The van der Waals surface area contributed by atoms with Crippen LogP contribution in [-0.4, -0.2) is 59.1 Å². The highest BCUT2D eigenvalue weighted by Crippen LogP contribution is 2.16. The number of aliphatic imine (C=N–C) groups is 1. The number of nitrogens with one attached hydrogen (secondary N) is 2. The summed E-state index contributed by atoms with van der Waals surface area (Å²) in [5, 5.41) is 10.4. The van der Waals surface area contributed by atoms with E-state index in [1.165, 1.54) is 0 Å². The van der Waals surface area contributed by atoms with Gasteiger partial charge in [0, 0.05) is 52.0 Å². The second-order valence-electron chi connectivity index (χ2n) is 7.24. The number of nitrogens with zero attached hydrogens (tertiary/aromatic N) is 5. The molecule has 0 unspecified atom stereocenters. The Balaban J connectivity index is 1.56. The summed E-state index contributed by atoms with van der Waals surface area (Å²) in [5.41, 5.74) is 2.61. The normalized spacial score (nSPS) is 14.8. The molecule has 0 aliphatic carbocycles. The molecule has 0 spiro atoms. The van der Waals surface area contributed by atoms with E-state index in [0.717, 1.165) is 23.4 Å². The Morgan fingerprint density at radius 1 is 1.30 bits per heavy atom. The van der Waals surface area contributed by atoms with Crippen LogP contribution < -0.4 is 15.5 Å². The number of anilines is 2. The second kappa shape index (κ2) is 9.91. The molecule has 1 aliphatic heterocycles. The summed E-state index contributed by atoms with van der Waals surface area (Å²) in [6.07, 6.45) is 4.87. The first-order valence-corrected chi connectivity index (χ1v) is 10.1. The monoisotopic (exact) mass is 411 g/mol. The molecule has 2 amide bonds. The third-order valence-electron chi connectivity index (χ3n) is 4.87. The first-order chi connectivity index (χ1) is 14.5. The van der Waals surface area contributed by atoms with Crippen molar-refractivity contribution in [1.82, 2.24) is 20.0 Å². The molecule has 0 atom stereocenters. The molecule has 0 bridgehead atoms. The van der Waals surface area contributed by atoms with Crippen molar-refractivity contribution in [2.45, 2.75) is 26.3 Å². The highest BCUT2D eigenvalue weighted by Gasteiger charge is 2.27. The van der Waals surface area contributed by atoms with Gasteiger partial charge in [0.05, 0.1) is 11.9 Å². The zero-order valence-corrected chi connectivity index (χ0v) is 17.8. The quantitative estimate of drug-likeness (QED) is 0.556. The Labute approximate surface area is 176 Å². The average molecular weight is 412 g/mol. The van der Waals surface area contributed by atoms with Gasteiger partial charge in [-0.05, 0) is 24.1 Å². The maximum absolute atomic E-state index is 12.6. The van der Waals surface area contributed by atoms with E-state index in [1.807, 2.05) is 49.3 Å². The van der Waals surface area contributed by atoms with Crippen molar-refractivity contribution in [2.24, 2.45) is 12.0 Å². The first-order valence-electron chi connectivity index (χ1n) is 10.1. The third-order valence-corrected chi connectivity index (χ3v) is 4.87. The van der Waals surface area contributed by atoms with Crippen molar-refractivity contribution >= 4 is 29.1 Å².